The number of aliphatic hydroxyl groups is 2. The van der Waals surface area contributed by atoms with Gasteiger partial charge in [-0.05, 0) is 59.6 Å². The highest BCUT2D eigenvalue weighted by atomic mass is 32.2. The molecule has 3 N–H and O–H groups in total. The van der Waals surface area contributed by atoms with Crippen molar-refractivity contribution in [2.24, 2.45) is 0 Å². The van der Waals surface area contributed by atoms with E-state index in [1.807, 2.05) is 12.1 Å². The van der Waals surface area contributed by atoms with E-state index in [0.29, 0.717) is 10.9 Å². The fourth-order valence-electron chi connectivity index (χ4n) is 3.00. The number of nitrogens with one attached hydrogen (secondary N) is 1. The topological polar surface area (TPSA) is 79.5 Å². The van der Waals surface area contributed by atoms with E-state index in [2.05, 4.69) is 53.8 Å². The quantitative estimate of drug-likeness (QED) is 0.439. The minimum absolute atomic E-state index is 0.222. The number of nitrogens with zero attached hydrogens (tertiary/aromatic N) is 2. The second-order valence-electron chi connectivity index (χ2n) is 6.19. The fraction of sp³-hybridized carbons (Fsp3) is 0.450. The molecule has 140 valence electrons. The molecule has 0 saturated carbocycles. The minimum Gasteiger partial charge on any atom is -0.394 e. The van der Waals surface area contributed by atoms with Gasteiger partial charge in [-0.3, -0.25) is 9.62 Å². The summed E-state index contributed by atoms with van der Waals surface area (Å²) in [5, 5.41) is 29.9. The lowest BCUT2D eigenvalue weighted by Crippen LogP contribution is -2.39. The Bertz CT molecular complexity index is 781. The van der Waals surface area contributed by atoms with E-state index in [4.69, 9.17) is 5.11 Å². The Kier molecular flexibility index (Phi) is 8.36. The van der Waals surface area contributed by atoms with Crippen LogP contribution >= 0.6 is 11.9 Å². The number of hydrogen-bond acceptors (Lipinski definition) is 6. The van der Waals surface area contributed by atoms with E-state index in [-0.39, 0.29) is 13.2 Å². The van der Waals surface area contributed by atoms with Crippen LogP contribution in [0.4, 0.5) is 0 Å². The molecule has 1 aromatic rings. The van der Waals surface area contributed by atoms with Crippen LogP contribution in [-0.4, -0.2) is 53.5 Å². The molecule has 0 aromatic heterocycles. The lowest BCUT2D eigenvalue weighted by Gasteiger charge is -2.27. The van der Waals surface area contributed by atoms with Crippen LogP contribution in [0.25, 0.3) is 18.2 Å². The summed E-state index contributed by atoms with van der Waals surface area (Å²) in [6.07, 6.45) is 6.60. The molecule has 6 heteroatoms. The van der Waals surface area contributed by atoms with Gasteiger partial charge in [0.25, 0.3) is 0 Å². The Morgan fingerprint density at radius 1 is 1.42 bits per heavy atom. The second-order valence-corrected chi connectivity index (χ2v) is 7.12. The number of rotatable bonds is 9. The van der Waals surface area contributed by atoms with E-state index in [1.54, 1.807) is 0 Å². The number of nitriles is 1. The van der Waals surface area contributed by atoms with Crippen molar-refractivity contribution in [2.45, 2.75) is 32.4 Å². The van der Waals surface area contributed by atoms with Gasteiger partial charge in [-0.1, -0.05) is 38.1 Å². The molecule has 0 amide bonds. The van der Waals surface area contributed by atoms with Gasteiger partial charge in [0, 0.05) is 12.6 Å². The maximum atomic E-state index is 9.32. The van der Waals surface area contributed by atoms with E-state index in [0.717, 1.165) is 37.0 Å². The van der Waals surface area contributed by atoms with Crippen LogP contribution in [0.3, 0.4) is 0 Å². The molecule has 0 aliphatic heterocycles. The molecule has 0 spiro atoms. The molecular formula is C20H27N3O2S. The first-order valence-electron chi connectivity index (χ1n) is 8.97. The summed E-state index contributed by atoms with van der Waals surface area (Å²) in [6, 6.07) is 8.83. The number of fused-ring (bicyclic) bond motifs is 1. The molecule has 1 aliphatic rings. The van der Waals surface area contributed by atoms with Crippen molar-refractivity contribution in [1.29, 1.82) is 5.26 Å². The maximum Gasteiger partial charge on any atom is 0.107 e. The zero-order chi connectivity index (χ0) is 18.9. The first kappa shape index (κ1) is 20.7. The molecule has 26 heavy (non-hydrogen) atoms. The van der Waals surface area contributed by atoms with Crippen LogP contribution in [0.1, 0.15) is 25.8 Å². The minimum atomic E-state index is -0.824. The zero-order valence-corrected chi connectivity index (χ0v) is 16.2. The predicted molar refractivity (Wildman–Crippen MR) is 108 cm³/mol. The first-order valence-corrected chi connectivity index (χ1v) is 9.79. The largest absolute Gasteiger partial charge is 0.394 e. The lowest BCUT2D eigenvalue weighted by molar-refractivity contribution is 0.0994. The SMILES string of the molecule is CCN(CC)C1C=c2ccc(/C=C(\C#N)SNCC(O)CO)cc2=CC1. The monoisotopic (exact) mass is 373 g/mol. The van der Waals surface area contributed by atoms with Gasteiger partial charge in [-0.2, -0.15) is 5.26 Å². The van der Waals surface area contributed by atoms with Gasteiger partial charge in [0.15, 0.2) is 0 Å². The van der Waals surface area contributed by atoms with Gasteiger partial charge in [-0.25, -0.2) is 0 Å². The molecule has 2 rings (SSSR count). The Morgan fingerprint density at radius 3 is 2.85 bits per heavy atom. The third kappa shape index (κ3) is 5.70. The molecule has 5 nitrogen and oxygen atoms in total. The van der Waals surface area contributed by atoms with Crippen molar-refractivity contribution in [1.82, 2.24) is 9.62 Å². The first-order chi connectivity index (χ1) is 12.6. The average molecular weight is 374 g/mol. The molecule has 1 aliphatic carbocycles. The average Bonchev–Trinajstić information content (AvgIpc) is 2.67. The summed E-state index contributed by atoms with van der Waals surface area (Å²) >= 11 is 1.16. The van der Waals surface area contributed by atoms with Crippen LogP contribution in [0.2, 0.25) is 0 Å². The molecule has 2 atom stereocenters. The van der Waals surface area contributed by atoms with Crippen molar-refractivity contribution in [3.8, 4) is 6.07 Å². The van der Waals surface area contributed by atoms with Gasteiger partial charge in [0.1, 0.15) is 11.0 Å². The Labute approximate surface area is 159 Å². The highest BCUT2D eigenvalue weighted by molar-refractivity contribution is 8.01. The molecule has 0 radical (unpaired) electrons. The lowest BCUT2D eigenvalue weighted by atomic mass is 10.0. The normalized spacial score (nSPS) is 17.8. The van der Waals surface area contributed by atoms with Crippen molar-refractivity contribution >= 4 is 30.2 Å². The zero-order valence-electron chi connectivity index (χ0n) is 15.4. The molecule has 0 bridgehead atoms. The summed E-state index contributed by atoms with van der Waals surface area (Å²) in [5.74, 6) is 0. The number of benzene rings is 1. The third-order valence-electron chi connectivity index (χ3n) is 4.46. The number of allylic oxidation sites excluding steroid dienone is 1. The summed E-state index contributed by atoms with van der Waals surface area (Å²) in [5.41, 5.74) is 0.975. The van der Waals surface area contributed by atoms with Crippen LogP contribution < -0.4 is 15.2 Å². The fourth-order valence-corrected chi connectivity index (χ4v) is 3.67. The van der Waals surface area contributed by atoms with Gasteiger partial charge >= 0.3 is 0 Å². The Morgan fingerprint density at radius 2 is 2.19 bits per heavy atom. The number of aliphatic hydroxyl groups excluding tert-OH is 2. The number of hydrogen-bond donors (Lipinski definition) is 3. The third-order valence-corrected chi connectivity index (χ3v) is 5.20. The van der Waals surface area contributed by atoms with E-state index >= 15 is 0 Å². The Hall–Kier alpha value is -1.62. The Balaban J connectivity index is 2.13. The summed E-state index contributed by atoms with van der Waals surface area (Å²) in [4.78, 5) is 2.96. The predicted octanol–water partition coefficient (Wildman–Crippen LogP) is 0.817. The summed E-state index contributed by atoms with van der Waals surface area (Å²) in [7, 11) is 0. The van der Waals surface area contributed by atoms with Crippen molar-refractivity contribution in [3.63, 3.8) is 0 Å². The molecule has 1 aromatic carbocycles. The van der Waals surface area contributed by atoms with Crippen LogP contribution in [0.5, 0.6) is 0 Å². The van der Waals surface area contributed by atoms with Crippen molar-refractivity contribution in [3.05, 3.63) is 39.1 Å². The van der Waals surface area contributed by atoms with Gasteiger partial charge in [-0.15, -0.1) is 0 Å². The van der Waals surface area contributed by atoms with E-state index in [1.165, 1.54) is 10.4 Å². The highest BCUT2D eigenvalue weighted by Crippen LogP contribution is 2.15. The maximum absolute atomic E-state index is 9.32. The highest BCUT2D eigenvalue weighted by Gasteiger charge is 2.13. The second kappa shape index (κ2) is 10.5. The molecule has 0 saturated heterocycles. The van der Waals surface area contributed by atoms with Crippen LogP contribution in [-0.2, 0) is 0 Å². The van der Waals surface area contributed by atoms with Gasteiger partial charge < -0.3 is 10.2 Å². The van der Waals surface area contributed by atoms with Gasteiger partial charge in [0.2, 0.25) is 0 Å². The van der Waals surface area contributed by atoms with Gasteiger partial charge in [0.05, 0.1) is 12.7 Å². The molecule has 0 heterocycles. The summed E-state index contributed by atoms with van der Waals surface area (Å²) < 4.78 is 2.90. The smallest absolute Gasteiger partial charge is 0.107 e. The standard InChI is InChI=1S/C20H27N3O2S/c1-3-23(4-2)18-8-7-16-9-15(5-6-17(16)11-18)10-20(12-21)26-22-13-19(25)14-24/h5-7,9-11,18-19,22,24-25H,3-4,8,13-14H2,1-2H3/b20-10+. The van der Waals surface area contributed by atoms with Crippen molar-refractivity contribution in [2.75, 3.05) is 26.2 Å². The van der Waals surface area contributed by atoms with E-state index < -0.39 is 6.10 Å². The molecule has 0 fully saturated rings. The van der Waals surface area contributed by atoms with Crippen molar-refractivity contribution < 1.29 is 10.2 Å². The summed E-state index contributed by atoms with van der Waals surface area (Å²) in [6.45, 7) is 6.39. The van der Waals surface area contributed by atoms with E-state index in [9.17, 15) is 10.4 Å². The van der Waals surface area contributed by atoms with Crippen LogP contribution in [0, 0.1) is 11.3 Å². The molecule has 2 unspecified atom stereocenters. The molecular weight excluding hydrogens is 346 g/mol. The van der Waals surface area contributed by atoms with Crippen LogP contribution in [0.15, 0.2) is 23.1 Å².